The zero-order valence-corrected chi connectivity index (χ0v) is 19.6. The van der Waals surface area contributed by atoms with Gasteiger partial charge in [0.05, 0.1) is 5.70 Å². The maximum absolute atomic E-state index is 13.2. The van der Waals surface area contributed by atoms with Crippen LogP contribution in [0.3, 0.4) is 0 Å². The molecule has 2 aliphatic heterocycles. The Labute approximate surface area is 201 Å². The van der Waals surface area contributed by atoms with Crippen molar-refractivity contribution < 1.29 is 9.53 Å². The average molecular weight is 458 g/mol. The number of ether oxygens (including phenoxy) is 1. The summed E-state index contributed by atoms with van der Waals surface area (Å²) in [5.41, 5.74) is 15.6. The van der Waals surface area contributed by atoms with Crippen LogP contribution in [0.5, 0.6) is 5.75 Å². The normalized spacial score (nSPS) is 17.1. The molecule has 176 valence electrons. The van der Waals surface area contributed by atoms with Gasteiger partial charge < -0.3 is 21.1 Å². The van der Waals surface area contributed by atoms with Crippen LogP contribution in [-0.4, -0.2) is 34.8 Å². The Morgan fingerprint density at radius 2 is 1.91 bits per heavy atom. The Morgan fingerprint density at radius 1 is 1.15 bits per heavy atom. The summed E-state index contributed by atoms with van der Waals surface area (Å²) >= 11 is 0. The van der Waals surface area contributed by atoms with E-state index in [1.807, 2.05) is 62.4 Å². The van der Waals surface area contributed by atoms with Gasteiger partial charge in [0.25, 0.3) is 0 Å². The highest BCUT2D eigenvalue weighted by Crippen LogP contribution is 2.25. The molecule has 0 aromatic heterocycles. The maximum Gasteiger partial charge on any atom is 0.248 e. The molecule has 1 aromatic rings. The van der Waals surface area contributed by atoms with Crippen LogP contribution < -0.4 is 16.2 Å². The van der Waals surface area contributed by atoms with Crippen molar-refractivity contribution in [1.82, 2.24) is 9.91 Å². The van der Waals surface area contributed by atoms with Crippen molar-refractivity contribution in [3.8, 4) is 5.75 Å². The average Bonchev–Trinajstić information content (AvgIpc) is 3.20. The second kappa shape index (κ2) is 11.6. The lowest BCUT2D eigenvalue weighted by Gasteiger charge is -2.26. The van der Waals surface area contributed by atoms with Gasteiger partial charge >= 0.3 is 0 Å². The Bertz CT molecular complexity index is 1130. The number of nitrogens with zero attached hydrogens (tertiary/aromatic N) is 3. The highest BCUT2D eigenvalue weighted by molar-refractivity contribution is 5.91. The van der Waals surface area contributed by atoms with Gasteiger partial charge in [-0.1, -0.05) is 42.5 Å². The van der Waals surface area contributed by atoms with Gasteiger partial charge in [0.2, 0.25) is 11.8 Å². The van der Waals surface area contributed by atoms with Crippen molar-refractivity contribution in [2.75, 3.05) is 13.1 Å². The predicted molar refractivity (Wildman–Crippen MR) is 137 cm³/mol. The van der Waals surface area contributed by atoms with Crippen LogP contribution in [0.25, 0.3) is 0 Å². The second-order valence-corrected chi connectivity index (χ2v) is 7.94. The summed E-state index contributed by atoms with van der Waals surface area (Å²) < 4.78 is 5.85. The molecule has 1 amide bonds. The summed E-state index contributed by atoms with van der Waals surface area (Å²) in [6.45, 7) is 8.74. The molecule has 3 rings (SSSR count). The van der Waals surface area contributed by atoms with Gasteiger partial charge in [-0.25, -0.2) is 0 Å². The van der Waals surface area contributed by atoms with E-state index < -0.39 is 0 Å². The Hall–Kier alpha value is -4.26. The maximum atomic E-state index is 13.2. The second-order valence-electron chi connectivity index (χ2n) is 7.94. The molecule has 0 atom stereocenters. The topological polar surface area (TPSA) is 97.2 Å². The summed E-state index contributed by atoms with van der Waals surface area (Å²) in [5.74, 6) is 1.02. The highest BCUT2D eigenvalue weighted by atomic mass is 16.5. The quantitative estimate of drug-likeness (QED) is 0.603. The summed E-state index contributed by atoms with van der Waals surface area (Å²) in [6.07, 6.45) is 16.5. The van der Waals surface area contributed by atoms with E-state index >= 15 is 0 Å². The Balaban J connectivity index is 1.67. The third-order valence-corrected chi connectivity index (χ3v) is 5.37. The molecule has 0 aliphatic carbocycles. The molecule has 0 radical (unpaired) electrons. The minimum absolute atomic E-state index is 0.0613. The van der Waals surface area contributed by atoms with Crippen molar-refractivity contribution in [3.63, 3.8) is 0 Å². The number of nitrogens with two attached hydrogens (primary N) is 2. The van der Waals surface area contributed by atoms with Crippen molar-refractivity contribution in [2.45, 2.75) is 20.3 Å². The number of hydrogen-bond acceptors (Lipinski definition) is 6. The number of amides is 1. The lowest BCUT2D eigenvalue weighted by atomic mass is 10.2. The van der Waals surface area contributed by atoms with Crippen LogP contribution in [-0.2, 0) is 4.79 Å². The Kier molecular flexibility index (Phi) is 8.29. The molecular weight excluding hydrogens is 426 g/mol. The van der Waals surface area contributed by atoms with Crippen LogP contribution in [0.15, 0.2) is 113 Å². The summed E-state index contributed by atoms with van der Waals surface area (Å²) in [6, 6.07) is 7.70. The summed E-state index contributed by atoms with van der Waals surface area (Å²) in [7, 11) is 0. The lowest BCUT2D eigenvalue weighted by molar-refractivity contribution is -0.129. The lowest BCUT2D eigenvalue weighted by Crippen LogP contribution is -2.37. The van der Waals surface area contributed by atoms with Gasteiger partial charge in [0.15, 0.2) is 0 Å². The van der Waals surface area contributed by atoms with E-state index in [0.29, 0.717) is 23.9 Å². The van der Waals surface area contributed by atoms with Crippen LogP contribution in [0.1, 0.15) is 18.9 Å². The minimum Gasteiger partial charge on any atom is -0.438 e. The number of hydrogen-bond donors (Lipinski definition) is 2. The predicted octanol–water partition coefficient (Wildman–Crippen LogP) is 4.01. The molecule has 0 saturated heterocycles. The molecule has 0 saturated carbocycles. The van der Waals surface area contributed by atoms with E-state index in [9.17, 15) is 4.79 Å². The van der Waals surface area contributed by atoms with Crippen molar-refractivity contribution in [1.29, 1.82) is 0 Å². The standard InChI is InChI=1S/C27H31N5O2/c1-20-8-11-24(12-9-20)34-26-13-10-22(3)32(30-26)19-27(33)31-17-15-21(2)25(31)7-5-4-6-23(18-29)14-16-28/h4-14,16,18H,3,15,17,19,28-29H2,1-2H3/b6-4+,7-5-,16-14-,23-18-. The largest absolute Gasteiger partial charge is 0.438 e. The van der Waals surface area contributed by atoms with Crippen molar-refractivity contribution in [3.05, 3.63) is 114 Å². The SMILES string of the molecule is C=C1C=CC(Oc2ccc(C)cc2)=NN1CC(=O)N1CCC(C)=C1\C=C/C=C/C(/C=C\N)=C/N. The Morgan fingerprint density at radius 3 is 2.62 bits per heavy atom. The summed E-state index contributed by atoms with van der Waals surface area (Å²) in [5, 5.41) is 6.04. The first-order valence-electron chi connectivity index (χ1n) is 11.0. The number of hydrazone groups is 1. The molecular formula is C27H31N5O2. The molecule has 0 spiro atoms. The molecule has 4 N–H and O–H groups in total. The molecule has 34 heavy (non-hydrogen) atoms. The van der Waals surface area contributed by atoms with E-state index in [2.05, 4.69) is 11.7 Å². The van der Waals surface area contributed by atoms with Gasteiger partial charge in [0, 0.05) is 24.5 Å². The number of rotatable bonds is 7. The fourth-order valence-electron chi connectivity index (χ4n) is 3.44. The van der Waals surface area contributed by atoms with Crippen molar-refractivity contribution in [2.24, 2.45) is 16.6 Å². The van der Waals surface area contributed by atoms with Gasteiger partial charge in [-0.05, 0) is 68.0 Å². The number of benzene rings is 1. The number of aryl methyl sites for hydroxylation is 1. The number of allylic oxidation sites excluding steroid dienone is 7. The molecule has 2 heterocycles. The molecule has 7 heteroatoms. The fraction of sp³-hybridized carbons (Fsp3) is 0.185. The van der Waals surface area contributed by atoms with Crippen LogP contribution in [0.4, 0.5) is 0 Å². The first-order valence-corrected chi connectivity index (χ1v) is 11.0. The number of carbonyl (C=O) groups excluding carboxylic acids is 1. The molecule has 2 aliphatic rings. The first kappa shape index (κ1) is 24.4. The zero-order valence-electron chi connectivity index (χ0n) is 19.6. The van der Waals surface area contributed by atoms with Gasteiger partial charge in [0.1, 0.15) is 12.3 Å². The minimum atomic E-state index is -0.0658. The van der Waals surface area contributed by atoms with Gasteiger partial charge in [-0.15, -0.1) is 5.10 Å². The van der Waals surface area contributed by atoms with E-state index in [1.165, 1.54) is 12.4 Å². The molecule has 0 unspecified atom stereocenters. The first-order chi connectivity index (χ1) is 16.4. The van der Waals surface area contributed by atoms with E-state index in [0.717, 1.165) is 28.8 Å². The highest BCUT2D eigenvalue weighted by Gasteiger charge is 2.26. The molecule has 1 aromatic carbocycles. The van der Waals surface area contributed by atoms with Crippen LogP contribution in [0, 0.1) is 6.92 Å². The molecule has 0 bridgehead atoms. The van der Waals surface area contributed by atoms with Crippen molar-refractivity contribution >= 4 is 11.8 Å². The molecule has 0 fully saturated rings. The fourth-order valence-corrected chi connectivity index (χ4v) is 3.44. The van der Waals surface area contributed by atoms with E-state index in [4.69, 9.17) is 16.2 Å². The monoisotopic (exact) mass is 457 g/mol. The smallest absolute Gasteiger partial charge is 0.248 e. The van der Waals surface area contributed by atoms with E-state index in [1.54, 1.807) is 28.1 Å². The van der Waals surface area contributed by atoms with Gasteiger partial charge in [-0.3, -0.25) is 9.80 Å². The number of carbonyl (C=O) groups is 1. The third kappa shape index (κ3) is 6.38. The van der Waals surface area contributed by atoms with Crippen LogP contribution >= 0.6 is 0 Å². The van der Waals surface area contributed by atoms with Gasteiger partial charge in [-0.2, -0.15) is 0 Å². The van der Waals surface area contributed by atoms with Crippen LogP contribution in [0.2, 0.25) is 0 Å². The van der Waals surface area contributed by atoms with E-state index in [-0.39, 0.29) is 12.5 Å². The molecule has 7 nitrogen and oxygen atoms in total. The zero-order chi connectivity index (χ0) is 24.5. The summed E-state index contributed by atoms with van der Waals surface area (Å²) in [4.78, 5) is 14.9. The third-order valence-electron chi connectivity index (χ3n) is 5.37.